The van der Waals surface area contributed by atoms with Crippen LogP contribution in [0.15, 0.2) is 78.6 Å². The van der Waals surface area contributed by atoms with Gasteiger partial charge in [-0.25, -0.2) is 4.98 Å². The van der Waals surface area contributed by atoms with Gasteiger partial charge in [0.2, 0.25) is 0 Å². The summed E-state index contributed by atoms with van der Waals surface area (Å²) in [5, 5.41) is 5.46. The zero-order chi connectivity index (χ0) is 20.1. The Morgan fingerprint density at radius 2 is 1.90 bits per heavy atom. The third-order valence-electron chi connectivity index (χ3n) is 4.48. The lowest BCUT2D eigenvalue weighted by Crippen LogP contribution is -2.17. The molecule has 1 amide bonds. The maximum Gasteiger partial charge on any atom is 0.274 e. The maximum atomic E-state index is 12.8. The first-order valence-corrected chi connectivity index (χ1v) is 10.1. The van der Waals surface area contributed by atoms with E-state index in [4.69, 9.17) is 0 Å². The molecule has 0 saturated carbocycles. The first-order chi connectivity index (χ1) is 14.2. The normalized spacial score (nSPS) is 11.4. The van der Waals surface area contributed by atoms with E-state index in [0.717, 1.165) is 22.4 Å². The molecule has 3 heterocycles. The molecule has 29 heavy (non-hydrogen) atoms. The van der Waals surface area contributed by atoms with Gasteiger partial charge < -0.3 is 4.57 Å². The number of carbonyl (C=O) groups excluding carboxylic acids is 1. The molecule has 0 unspecified atom stereocenters. The number of carbonyl (C=O) groups is 1. The molecule has 0 spiro atoms. The molecule has 0 aliphatic carbocycles. The summed E-state index contributed by atoms with van der Waals surface area (Å²) in [5.74, 6) is -0.172. The number of thiazole rings is 1. The van der Waals surface area contributed by atoms with Crippen molar-refractivity contribution in [1.29, 1.82) is 0 Å². The molecule has 3 aromatic heterocycles. The zero-order valence-corrected chi connectivity index (χ0v) is 16.8. The highest BCUT2D eigenvalue weighted by molar-refractivity contribution is 7.14. The Kier molecular flexibility index (Phi) is 5.63. The van der Waals surface area contributed by atoms with Gasteiger partial charge in [0.1, 0.15) is 5.69 Å². The van der Waals surface area contributed by atoms with E-state index >= 15 is 0 Å². The summed E-state index contributed by atoms with van der Waals surface area (Å²) >= 11 is 1.42. The van der Waals surface area contributed by atoms with Crippen molar-refractivity contribution in [2.75, 3.05) is 5.32 Å². The van der Waals surface area contributed by atoms with E-state index in [9.17, 15) is 4.79 Å². The molecule has 1 aromatic carbocycles. The van der Waals surface area contributed by atoms with Crippen molar-refractivity contribution in [3.63, 3.8) is 0 Å². The summed E-state index contributed by atoms with van der Waals surface area (Å²) in [7, 11) is 0. The van der Waals surface area contributed by atoms with Crippen LogP contribution in [0.2, 0.25) is 0 Å². The fraction of sp³-hybridized carbons (Fsp3) is 0.0870. The van der Waals surface area contributed by atoms with Gasteiger partial charge in [-0.05, 0) is 54.0 Å². The van der Waals surface area contributed by atoms with Gasteiger partial charge in [-0.3, -0.25) is 15.1 Å². The number of anilines is 1. The molecule has 144 valence electrons. The molecular weight excluding hydrogens is 380 g/mol. The van der Waals surface area contributed by atoms with Gasteiger partial charge in [0.05, 0.1) is 5.69 Å². The van der Waals surface area contributed by atoms with E-state index in [1.807, 2.05) is 65.5 Å². The molecular formula is C23H20N4OS. The number of hydrogen-bond acceptors (Lipinski definition) is 4. The van der Waals surface area contributed by atoms with Crippen LogP contribution in [0.5, 0.6) is 0 Å². The standard InChI is InChI=1S/C23H20N4OS/c1-17(14-18-6-3-2-4-7-18)20-16-29-23(25-20)26-22(28)21-8-5-13-27(21)15-19-9-11-24-12-10-19/h2-14,16H,15H2,1H3,(H,25,26,28)/b17-14+. The van der Waals surface area contributed by atoms with Gasteiger partial charge in [0.15, 0.2) is 5.13 Å². The lowest BCUT2D eigenvalue weighted by atomic mass is 10.1. The minimum absolute atomic E-state index is 0.172. The summed E-state index contributed by atoms with van der Waals surface area (Å²) in [6.45, 7) is 2.63. The molecule has 0 saturated heterocycles. The van der Waals surface area contributed by atoms with Crippen LogP contribution in [-0.2, 0) is 6.54 Å². The number of benzene rings is 1. The van der Waals surface area contributed by atoms with Crippen molar-refractivity contribution in [3.05, 3.63) is 101 Å². The predicted molar refractivity (Wildman–Crippen MR) is 118 cm³/mol. The number of rotatable bonds is 6. The Balaban J connectivity index is 1.46. The average molecular weight is 401 g/mol. The summed E-state index contributed by atoms with van der Waals surface area (Å²) in [6, 6.07) is 17.7. The molecule has 0 aliphatic heterocycles. The Labute approximate surface area is 173 Å². The van der Waals surface area contributed by atoms with Gasteiger partial charge in [-0.1, -0.05) is 30.3 Å². The van der Waals surface area contributed by atoms with Crippen LogP contribution in [-0.4, -0.2) is 20.4 Å². The second-order valence-corrected chi connectivity index (χ2v) is 7.46. The quantitative estimate of drug-likeness (QED) is 0.484. The van der Waals surface area contributed by atoms with Crippen LogP contribution in [0.1, 0.15) is 34.2 Å². The van der Waals surface area contributed by atoms with Crippen LogP contribution >= 0.6 is 11.3 Å². The number of pyridine rings is 1. The van der Waals surface area contributed by atoms with E-state index in [2.05, 4.69) is 33.5 Å². The van der Waals surface area contributed by atoms with Gasteiger partial charge in [0.25, 0.3) is 5.91 Å². The highest BCUT2D eigenvalue weighted by Crippen LogP contribution is 2.23. The van der Waals surface area contributed by atoms with Crippen LogP contribution in [0.4, 0.5) is 5.13 Å². The fourth-order valence-corrected chi connectivity index (χ4v) is 3.75. The highest BCUT2D eigenvalue weighted by Gasteiger charge is 2.14. The van der Waals surface area contributed by atoms with E-state index in [1.54, 1.807) is 12.4 Å². The van der Waals surface area contributed by atoms with Crippen LogP contribution < -0.4 is 5.32 Å². The maximum absolute atomic E-state index is 12.8. The molecule has 0 radical (unpaired) electrons. The van der Waals surface area contributed by atoms with Crippen LogP contribution in [0.3, 0.4) is 0 Å². The molecule has 0 aliphatic rings. The number of nitrogens with zero attached hydrogens (tertiary/aromatic N) is 3. The Morgan fingerprint density at radius 3 is 2.69 bits per heavy atom. The Morgan fingerprint density at radius 1 is 1.10 bits per heavy atom. The molecule has 0 bridgehead atoms. The second-order valence-electron chi connectivity index (χ2n) is 6.61. The lowest BCUT2D eigenvalue weighted by Gasteiger charge is -2.08. The number of nitrogens with one attached hydrogen (secondary N) is 1. The number of amides is 1. The van der Waals surface area contributed by atoms with E-state index in [1.165, 1.54) is 11.3 Å². The lowest BCUT2D eigenvalue weighted by molar-refractivity contribution is 0.101. The molecule has 0 fully saturated rings. The van der Waals surface area contributed by atoms with Crippen molar-refractivity contribution in [2.45, 2.75) is 13.5 Å². The van der Waals surface area contributed by atoms with Crippen molar-refractivity contribution in [3.8, 4) is 0 Å². The van der Waals surface area contributed by atoms with Crippen molar-refractivity contribution in [1.82, 2.24) is 14.5 Å². The molecule has 4 rings (SSSR count). The molecule has 1 N–H and O–H groups in total. The fourth-order valence-electron chi connectivity index (χ4n) is 2.99. The first-order valence-electron chi connectivity index (χ1n) is 9.24. The average Bonchev–Trinajstić information content (AvgIpc) is 3.39. The molecule has 4 aromatic rings. The highest BCUT2D eigenvalue weighted by atomic mass is 32.1. The Hall–Kier alpha value is -3.51. The topological polar surface area (TPSA) is 59.8 Å². The number of aromatic nitrogens is 3. The first kappa shape index (κ1) is 18.8. The number of allylic oxidation sites excluding steroid dienone is 1. The summed E-state index contributed by atoms with van der Waals surface area (Å²) in [4.78, 5) is 21.4. The smallest absolute Gasteiger partial charge is 0.274 e. The SMILES string of the molecule is C/C(=C\c1ccccc1)c1csc(NC(=O)c2cccn2Cc2ccncc2)n1. The molecule has 0 atom stereocenters. The third-order valence-corrected chi connectivity index (χ3v) is 5.23. The van der Waals surface area contributed by atoms with Gasteiger partial charge in [-0.2, -0.15) is 0 Å². The minimum Gasteiger partial charge on any atom is -0.339 e. The number of hydrogen-bond donors (Lipinski definition) is 1. The van der Waals surface area contributed by atoms with Crippen LogP contribution in [0.25, 0.3) is 11.6 Å². The third kappa shape index (κ3) is 4.67. The summed E-state index contributed by atoms with van der Waals surface area (Å²) < 4.78 is 1.92. The van der Waals surface area contributed by atoms with Crippen molar-refractivity contribution in [2.24, 2.45) is 0 Å². The zero-order valence-electron chi connectivity index (χ0n) is 15.9. The Bertz CT molecular complexity index is 1130. The van der Waals surface area contributed by atoms with E-state index in [0.29, 0.717) is 17.4 Å². The van der Waals surface area contributed by atoms with Crippen molar-refractivity contribution < 1.29 is 4.79 Å². The van der Waals surface area contributed by atoms with E-state index in [-0.39, 0.29) is 5.91 Å². The minimum atomic E-state index is -0.172. The summed E-state index contributed by atoms with van der Waals surface area (Å²) in [6.07, 6.45) is 7.48. The monoisotopic (exact) mass is 400 g/mol. The summed E-state index contributed by atoms with van der Waals surface area (Å²) in [5.41, 5.74) is 4.71. The van der Waals surface area contributed by atoms with Crippen LogP contribution in [0, 0.1) is 0 Å². The molecule has 6 heteroatoms. The van der Waals surface area contributed by atoms with Gasteiger partial charge in [-0.15, -0.1) is 11.3 Å². The largest absolute Gasteiger partial charge is 0.339 e. The molecule has 5 nitrogen and oxygen atoms in total. The second kappa shape index (κ2) is 8.67. The van der Waals surface area contributed by atoms with Gasteiger partial charge >= 0.3 is 0 Å². The van der Waals surface area contributed by atoms with Crippen molar-refractivity contribution >= 4 is 34.0 Å². The van der Waals surface area contributed by atoms with Gasteiger partial charge in [0, 0.05) is 30.5 Å². The predicted octanol–water partition coefficient (Wildman–Crippen LogP) is 5.20. The van der Waals surface area contributed by atoms with E-state index < -0.39 is 0 Å².